The zero-order valence-electron chi connectivity index (χ0n) is 15.8. The fraction of sp³-hybridized carbons (Fsp3) is 0.636. The van der Waals surface area contributed by atoms with E-state index in [4.69, 9.17) is 11.6 Å². The predicted octanol–water partition coefficient (Wildman–Crippen LogP) is 3.72. The molecule has 4 nitrogen and oxygen atoms in total. The van der Waals surface area contributed by atoms with Crippen molar-refractivity contribution in [3.63, 3.8) is 0 Å². The number of carbonyl (C=O) groups is 2. The minimum atomic E-state index is -0.0346. The summed E-state index contributed by atoms with van der Waals surface area (Å²) in [7, 11) is 0. The molecule has 4 aliphatic carbocycles. The number of hydrogen-bond donors (Lipinski definition) is 2. The van der Waals surface area contributed by atoms with Crippen molar-refractivity contribution >= 4 is 23.4 Å². The normalized spacial score (nSPS) is 30.9. The van der Waals surface area contributed by atoms with E-state index in [1.807, 2.05) is 12.1 Å². The van der Waals surface area contributed by atoms with Crippen molar-refractivity contribution in [2.45, 2.75) is 51.4 Å². The van der Waals surface area contributed by atoms with Crippen molar-refractivity contribution in [1.82, 2.24) is 10.6 Å². The number of rotatable bonds is 7. The van der Waals surface area contributed by atoms with E-state index in [-0.39, 0.29) is 17.2 Å². The number of benzene rings is 1. The highest BCUT2D eigenvalue weighted by molar-refractivity contribution is 6.30. The first-order chi connectivity index (χ1) is 13.0. The maximum atomic E-state index is 12.5. The first-order valence-corrected chi connectivity index (χ1v) is 10.7. The van der Waals surface area contributed by atoms with Crippen LogP contribution in [0.15, 0.2) is 24.3 Å². The van der Waals surface area contributed by atoms with Crippen LogP contribution in [0.4, 0.5) is 0 Å². The Bertz CT molecular complexity index is 665. The Morgan fingerprint density at radius 3 is 1.96 bits per heavy atom. The summed E-state index contributed by atoms with van der Waals surface area (Å²) < 4.78 is 0. The fourth-order valence-electron chi connectivity index (χ4n) is 6.16. The maximum absolute atomic E-state index is 12.5. The van der Waals surface area contributed by atoms with Crippen LogP contribution in [0.3, 0.4) is 0 Å². The van der Waals surface area contributed by atoms with Gasteiger partial charge in [-0.2, -0.15) is 0 Å². The molecule has 27 heavy (non-hydrogen) atoms. The first-order valence-electron chi connectivity index (χ1n) is 10.3. The number of hydrogen-bond acceptors (Lipinski definition) is 2. The molecule has 0 radical (unpaired) electrons. The van der Waals surface area contributed by atoms with Crippen molar-refractivity contribution < 1.29 is 9.59 Å². The average Bonchev–Trinajstić information content (AvgIpc) is 2.59. The molecule has 146 valence electrons. The third kappa shape index (κ3) is 4.66. The minimum absolute atomic E-state index is 0.0346. The van der Waals surface area contributed by atoms with Gasteiger partial charge in [-0.15, -0.1) is 0 Å². The summed E-state index contributed by atoms with van der Waals surface area (Å²) in [4.78, 5) is 24.4. The van der Waals surface area contributed by atoms with Crippen LogP contribution in [-0.2, 0) is 16.0 Å². The highest BCUT2D eigenvalue weighted by Gasteiger charge is 2.51. The molecule has 5 heteroatoms. The van der Waals surface area contributed by atoms with Crippen molar-refractivity contribution in [2.75, 3.05) is 13.1 Å². The number of halogens is 1. The van der Waals surface area contributed by atoms with E-state index in [0.29, 0.717) is 31.0 Å². The fourth-order valence-corrected chi connectivity index (χ4v) is 6.29. The Morgan fingerprint density at radius 2 is 1.41 bits per heavy atom. The molecule has 5 rings (SSSR count). The summed E-state index contributed by atoms with van der Waals surface area (Å²) in [5.74, 6) is 2.74. The van der Waals surface area contributed by atoms with Crippen LogP contribution in [0.25, 0.3) is 0 Å². The summed E-state index contributed by atoms with van der Waals surface area (Å²) in [6.45, 7) is 0.969. The van der Waals surface area contributed by atoms with Crippen LogP contribution in [0.5, 0.6) is 0 Å². The molecule has 4 saturated carbocycles. The van der Waals surface area contributed by atoms with E-state index < -0.39 is 0 Å². The predicted molar refractivity (Wildman–Crippen MR) is 106 cm³/mol. The van der Waals surface area contributed by atoms with Gasteiger partial charge < -0.3 is 10.6 Å². The summed E-state index contributed by atoms with van der Waals surface area (Å²) in [5, 5.41) is 6.55. The second-order valence-electron chi connectivity index (χ2n) is 9.10. The lowest BCUT2D eigenvalue weighted by Gasteiger charge is -2.56. The molecule has 4 bridgehead atoms. The smallest absolute Gasteiger partial charge is 0.224 e. The van der Waals surface area contributed by atoms with Crippen LogP contribution in [0, 0.1) is 23.2 Å². The van der Waals surface area contributed by atoms with Gasteiger partial charge in [0.25, 0.3) is 0 Å². The highest BCUT2D eigenvalue weighted by Crippen LogP contribution is 2.61. The summed E-state index contributed by atoms with van der Waals surface area (Å²) in [6.07, 6.45) is 8.98. The molecule has 1 aromatic carbocycles. The molecule has 0 saturated heterocycles. The molecule has 0 aromatic heterocycles. The second-order valence-corrected chi connectivity index (χ2v) is 9.53. The summed E-state index contributed by atoms with van der Waals surface area (Å²) in [5.41, 5.74) is 1.21. The lowest BCUT2D eigenvalue weighted by Crippen LogP contribution is -2.48. The van der Waals surface area contributed by atoms with Crippen LogP contribution in [0.1, 0.15) is 50.5 Å². The quantitative estimate of drug-likeness (QED) is 0.699. The van der Waals surface area contributed by atoms with Crippen molar-refractivity contribution in [1.29, 1.82) is 0 Å². The van der Waals surface area contributed by atoms with E-state index in [1.165, 1.54) is 38.5 Å². The van der Waals surface area contributed by atoms with E-state index in [9.17, 15) is 9.59 Å². The van der Waals surface area contributed by atoms with E-state index in [0.717, 1.165) is 23.3 Å². The molecule has 4 fully saturated rings. The SMILES string of the molecule is O=C(Cc1ccc(Cl)cc1)NCCNC(=O)CC12CC3CC(CC(C3)C1)C2. The minimum Gasteiger partial charge on any atom is -0.354 e. The van der Waals surface area contributed by atoms with E-state index in [2.05, 4.69) is 10.6 Å². The Hall–Kier alpha value is -1.55. The largest absolute Gasteiger partial charge is 0.354 e. The molecule has 0 atom stereocenters. The van der Waals surface area contributed by atoms with Gasteiger partial charge in [-0.3, -0.25) is 9.59 Å². The van der Waals surface area contributed by atoms with Gasteiger partial charge in [-0.1, -0.05) is 23.7 Å². The zero-order chi connectivity index (χ0) is 18.9. The van der Waals surface area contributed by atoms with Crippen LogP contribution in [0.2, 0.25) is 5.02 Å². The van der Waals surface area contributed by atoms with Gasteiger partial charge in [0, 0.05) is 24.5 Å². The molecule has 0 unspecified atom stereocenters. The second kappa shape index (κ2) is 7.83. The maximum Gasteiger partial charge on any atom is 0.224 e. The number of amides is 2. The Kier molecular flexibility index (Phi) is 5.45. The molecular weight excluding hydrogens is 360 g/mol. The van der Waals surface area contributed by atoms with Crippen molar-refractivity contribution in [2.24, 2.45) is 23.2 Å². The molecule has 0 heterocycles. The average molecular weight is 389 g/mol. The molecule has 1 aromatic rings. The van der Waals surface area contributed by atoms with Gasteiger partial charge in [-0.25, -0.2) is 0 Å². The highest BCUT2D eigenvalue weighted by atomic mass is 35.5. The molecule has 0 aliphatic heterocycles. The van der Waals surface area contributed by atoms with Crippen LogP contribution >= 0.6 is 11.6 Å². The van der Waals surface area contributed by atoms with Gasteiger partial charge >= 0.3 is 0 Å². The van der Waals surface area contributed by atoms with E-state index in [1.54, 1.807) is 12.1 Å². The molecule has 2 N–H and O–H groups in total. The standard InChI is InChI=1S/C22H29ClN2O2/c23-19-3-1-15(2-4-19)10-20(26)24-5-6-25-21(27)14-22-11-16-7-17(12-22)9-18(8-16)13-22/h1-4,16-18H,5-14H2,(H,24,26)(H,25,27). The third-order valence-electron chi connectivity index (χ3n) is 6.75. The molecule has 0 spiro atoms. The zero-order valence-corrected chi connectivity index (χ0v) is 16.6. The number of carbonyl (C=O) groups excluding carboxylic acids is 2. The first kappa shape index (κ1) is 18.8. The molecule has 2 amide bonds. The number of nitrogens with one attached hydrogen (secondary N) is 2. The van der Waals surface area contributed by atoms with Gasteiger partial charge in [0.05, 0.1) is 6.42 Å². The lowest BCUT2D eigenvalue weighted by atomic mass is 9.49. The topological polar surface area (TPSA) is 58.2 Å². The monoisotopic (exact) mass is 388 g/mol. The van der Waals surface area contributed by atoms with E-state index >= 15 is 0 Å². The van der Waals surface area contributed by atoms with Crippen molar-refractivity contribution in [3.05, 3.63) is 34.9 Å². The molecular formula is C22H29ClN2O2. The third-order valence-corrected chi connectivity index (χ3v) is 7.00. The van der Waals surface area contributed by atoms with Crippen molar-refractivity contribution in [3.8, 4) is 0 Å². The van der Waals surface area contributed by atoms with Gasteiger partial charge in [0.2, 0.25) is 11.8 Å². The Balaban J connectivity index is 1.16. The summed E-state index contributed by atoms with van der Waals surface area (Å²) >= 11 is 5.85. The molecule has 4 aliphatic rings. The Morgan fingerprint density at radius 1 is 0.889 bits per heavy atom. The van der Waals surface area contributed by atoms with Crippen LogP contribution < -0.4 is 10.6 Å². The lowest BCUT2D eigenvalue weighted by molar-refractivity contribution is -0.129. The van der Waals surface area contributed by atoms with Gasteiger partial charge in [0.15, 0.2) is 0 Å². The van der Waals surface area contributed by atoms with Crippen LogP contribution in [-0.4, -0.2) is 24.9 Å². The van der Waals surface area contributed by atoms with Gasteiger partial charge in [-0.05, 0) is 79.4 Å². The summed E-state index contributed by atoms with van der Waals surface area (Å²) in [6, 6.07) is 7.29. The van der Waals surface area contributed by atoms with Gasteiger partial charge in [0.1, 0.15) is 0 Å². The Labute approximate surface area is 166 Å².